The molecule has 1 atom stereocenters. The number of piperidine rings is 1. The molecule has 2 aliphatic heterocycles. The first-order chi connectivity index (χ1) is 9.76. The van der Waals surface area contributed by atoms with Crippen molar-refractivity contribution >= 4 is 12.0 Å². The fraction of sp³-hybridized carbons (Fsp3) is 0.867. The Hall–Kier alpha value is -1.30. The summed E-state index contributed by atoms with van der Waals surface area (Å²) in [7, 11) is 0. The van der Waals surface area contributed by atoms with Crippen LogP contribution in [0.3, 0.4) is 0 Å². The molecular weight excluding hydrogens is 272 g/mol. The van der Waals surface area contributed by atoms with E-state index in [-0.39, 0.29) is 24.0 Å². The van der Waals surface area contributed by atoms with Crippen molar-refractivity contribution in [1.82, 2.24) is 9.80 Å². The van der Waals surface area contributed by atoms with Crippen LogP contribution in [0.25, 0.3) is 0 Å². The maximum absolute atomic E-state index is 12.4. The third kappa shape index (κ3) is 4.33. The molecule has 1 unspecified atom stereocenters. The summed E-state index contributed by atoms with van der Waals surface area (Å²) >= 11 is 0. The molecule has 0 aromatic carbocycles. The largest absolute Gasteiger partial charge is 0.444 e. The zero-order valence-corrected chi connectivity index (χ0v) is 13.2. The van der Waals surface area contributed by atoms with Gasteiger partial charge in [-0.05, 0) is 40.0 Å². The van der Waals surface area contributed by atoms with Crippen molar-refractivity contribution in [2.45, 2.75) is 51.7 Å². The standard InChI is InChI=1S/C15H26N2O4/c1-15(2,3)21-14(20)17-7-4-11(10-17)13(19)16-8-5-12(18)6-9-16/h11-12,18H,4-10H2,1-3H3. The monoisotopic (exact) mass is 298 g/mol. The van der Waals surface area contributed by atoms with E-state index in [0.717, 1.165) is 0 Å². The van der Waals surface area contributed by atoms with Crippen LogP contribution in [0.4, 0.5) is 4.79 Å². The van der Waals surface area contributed by atoms with E-state index in [1.165, 1.54) is 0 Å². The lowest BCUT2D eigenvalue weighted by Gasteiger charge is -2.31. The summed E-state index contributed by atoms with van der Waals surface area (Å²) in [5, 5.41) is 9.49. The van der Waals surface area contributed by atoms with Gasteiger partial charge in [0.1, 0.15) is 5.60 Å². The average molecular weight is 298 g/mol. The Kier molecular flexibility index (Phi) is 4.76. The first-order valence-electron chi connectivity index (χ1n) is 7.71. The molecule has 0 aromatic heterocycles. The molecule has 1 N–H and O–H groups in total. The molecule has 2 amide bonds. The molecule has 0 spiro atoms. The lowest BCUT2D eigenvalue weighted by molar-refractivity contribution is -0.137. The topological polar surface area (TPSA) is 70.1 Å². The van der Waals surface area contributed by atoms with Gasteiger partial charge in [-0.2, -0.15) is 0 Å². The molecule has 0 radical (unpaired) electrons. The van der Waals surface area contributed by atoms with E-state index >= 15 is 0 Å². The highest BCUT2D eigenvalue weighted by Gasteiger charge is 2.36. The van der Waals surface area contributed by atoms with Gasteiger partial charge < -0.3 is 19.6 Å². The average Bonchev–Trinajstić information content (AvgIpc) is 2.86. The molecule has 2 saturated heterocycles. The third-order valence-corrected chi connectivity index (χ3v) is 3.97. The number of hydrogen-bond acceptors (Lipinski definition) is 4. The lowest BCUT2D eigenvalue weighted by atomic mass is 10.0. The Morgan fingerprint density at radius 3 is 2.19 bits per heavy atom. The van der Waals surface area contributed by atoms with Crippen LogP contribution in [-0.2, 0) is 9.53 Å². The molecule has 2 aliphatic rings. The number of amides is 2. The maximum Gasteiger partial charge on any atom is 0.410 e. The number of likely N-dealkylation sites (tertiary alicyclic amines) is 2. The molecule has 21 heavy (non-hydrogen) atoms. The second-order valence-electron chi connectivity index (χ2n) is 6.97. The van der Waals surface area contributed by atoms with E-state index in [9.17, 15) is 14.7 Å². The van der Waals surface area contributed by atoms with Gasteiger partial charge in [0.25, 0.3) is 0 Å². The molecule has 2 rings (SSSR count). The van der Waals surface area contributed by atoms with Crippen molar-refractivity contribution in [2.75, 3.05) is 26.2 Å². The zero-order valence-electron chi connectivity index (χ0n) is 13.2. The van der Waals surface area contributed by atoms with Crippen molar-refractivity contribution in [3.05, 3.63) is 0 Å². The minimum absolute atomic E-state index is 0.105. The summed E-state index contributed by atoms with van der Waals surface area (Å²) < 4.78 is 5.34. The fourth-order valence-corrected chi connectivity index (χ4v) is 2.80. The number of ether oxygens (including phenoxy) is 1. The number of rotatable bonds is 1. The molecule has 6 heteroatoms. The van der Waals surface area contributed by atoms with Crippen LogP contribution in [0.2, 0.25) is 0 Å². The Morgan fingerprint density at radius 2 is 1.62 bits per heavy atom. The van der Waals surface area contributed by atoms with Gasteiger partial charge in [0.2, 0.25) is 5.91 Å². The van der Waals surface area contributed by atoms with Crippen molar-refractivity contribution in [3.8, 4) is 0 Å². The summed E-state index contributed by atoms with van der Waals surface area (Å²) in [4.78, 5) is 27.9. The molecule has 0 aromatic rings. The number of nitrogens with zero attached hydrogens (tertiary/aromatic N) is 2. The van der Waals surface area contributed by atoms with E-state index in [1.54, 1.807) is 4.90 Å². The molecular formula is C15H26N2O4. The molecule has 0 aliphatic carbocycles. The van der Waals surface area contributed by atoms with Crippen LogP contribution in [0.5, 0.6) is 0 Å². The van der Waals surface area contributed by atoms with Crippen molar-refractivity contribution in [1.29, 1.82) is 0 Å². The summed E-state index contributed by atoms with van der Waals surface area (Å²) in [5.41, 5.74) is -0.512. The molecule has 0 saturated carbocycles. The Bertz CT molecular complexity index is 397. The smallest absolute Gasteiger partial charge is 0.410 e. The Morgan fingerprint density at radius 1 is 1.05 bits per heavy atom. The number of aliphatic hydroxyl groups is 1. The Balaban J connectivity index is 1.84. The summed E-state index contributed by atoms with van der Waals surface area (Å²) in [6.45, 7) is 7.74. The van der Waals surface area contributed by atoms with Gasteiger partial charge in [0.05, 0.1) is 12.0 Å². The highest BCUT2D eigenvalue weighted by molar-refractivity contribution is 5.80. The van der Waals surface area contributed by atoms with Crippen molar-refractivity contribution < 1.29 is 19.4 Å². The van der Waals surface area contributed by atoms with Crippen molar-refractivity contribution in [2.24, 2.45) is 5.92 Å². The second-order valence-corrected chi connectivity index (χ2v) is 6.97. The number of hydrogen-bond donors (Lipinski definition) is 1. The van der Waals surface area contributed by atoms with Crippen LogP contribution in [-0.4, -0.2) is 64.8 Å². The Labute approximate surface area is 126 Å². The van der Waals surface area contributed by atoms with Gasteiger partial charge in [-0.15, -0.1) is 0 Å². The number of aliphatic hydroxyl groups excluding tert-OH is 1. The second kappa shape index (κ2) is 6.22. The predicted molar refractivity (Wildman–Crippen MR) is 77.7 cm³/mol. The third-order valence-electron chi connectivity index (χ3n) is 3.97. The van der Waals surface area contributed by atoms with Crippen molar-refractivity contribution in [3.63, 3.8) is 0 Å². The van der Waals surface area contributed by atoms with Crippen LogP contribution in [0.15, 0.2) is 0 Å². The minimum Gasteiger partial charge on any atom is -0.444 e. The van der Waals surface area contributed by atoms with Crippen LogP contribution in [0.1, 0.15) is 40.0 Å². The predicted octanol–water partition coefficient (Wildman–Crippen LogP) is 1.23. The molecule has 2 fully saturated rings. The fourth-order valence-electron chi connectivity index (χ4n) is 2.80. The van der Waals surface area contributed by atoms with Gasteiger partial charge in [0, 0.05) is 26.2 Å². The summed E-state index contributed by atoms with van der Waals surface area (Å²) in [5.74, 6) is -0.0271. The zero-order chi connectivity index (χ0) is 15.6. The maximum atomic E-state index is 12.4. The highest BCUT2D eigenvalue weighted by atomic mass is 16.6. The van der Waals surface area contributed by atoms with Crippen LogP contribution in [0, 0.1) is 5.92 Å². The summed E-state index contributed by atoms with van der Waals surface area (Å²) in [6, 6.07) is 0. The van der Waals surface area contributed by atoms with Gasteiger partial charge in [-0.3, -0.25) is 4.79 Å². The first-order valence-corrected chi connectivity index (χ1v) is 7.71. The minimum atomic E-state index is -0.512. The normalized spacial score (nSPS) is 24.3. The SMILES string of the molecule is CC(C)(C)OC(=O)N1CCC(C(=O)N2CCC(O)CC2)C1. The molecule has 0 bridgehead atoms. The van der Waals surface area contributed by atoms with Crippen LogP contribution < -0.4 is 0 Å². The van der Waals surface area contributed by atoms with E-state index in [1.807, 2.05) is 25.7 Å². The van der Waals surface area contributed by atoms with Gasteiger partial charge >= 0.3 is 6.09 Å². The molecule has 6 nitrogen and oxygen atoms in total. The van der Waals surface area contributed by atoms with E-state index < -0.39 is 5.60 Å². The van der Waals surface area contributed by atoms with Crippen LogP contribution >= 0.6 is 0 Å². The van der Waals surface area contributed by atoms with E-state index in [4.69, 9.17) is 4.74 Å². The highest BCUT2D eigenvalue weighted by Crippen LogP contribution is 2.23. The van der Waals surface area contributed by atoms with E-state index in [2.05, 4.69) is 0 Å². The number of carbonyl (C=O) groups excluding carboxylic acids is 2. The van der Waals surface area contributed by atoms with Gasteiger partial charge in [-0.25, -0.2) is 4.79 Å². The van der Waals surface area contributed by atoms with Gasteiger partial charge in [0.15, 0.2) is 0 Å². The quantitative estimate of drug-likeness (QED) is 0.790. The lowest BCUT2D eigenvalue weighted by Crippen LogP contribution is -2.44. The van der Waals surface area contributed by atoms with E-state index in [0.29, 0.717) is 45.4 Å². The summed E-state index contributed by atoms with van der Waals surface area (Å²) in [6.07, 6.45) is 1.36. The first kappa shape index (κ1) is 16.1. The van der Waals surface area contributed by atoms with Gasteiger partial charge in [-0.1, -0.05) is 0 Å². The molecule has 120 valence electrons. The molecule has 2 heterocycles. The number of carbonyl (C=O) groups is 2.